The molecule has 6 heteroatoms. The summed E-state index contributed by atoms with van der Waals surface area (Å²) < 4.78 is 0. The highest BCUT2D eigenvalue weighted by atomic mass is 16.4. The molecule has 2 amide bonds. The lowest BCUT2D eigenvalue weighted by Crippen LogP contribution is -2.50. The van der Waals surface area contributed by atoms with Crippen LogP contribution in [0, 0.1) is 0 Å². The molecule has 2 aromatic carbocycles. The maximum Gasteiger partial charge on any atom is 0.326 e. The summed E-state index contributed by atoms with van der Waals surface area (Å²) in [6, 6.07) is 8.92. The molecule has 1 heterocycles. The lowest BCUT2D eigenvalue weighted by molar-refractivity contribution is -0.142. The van der Waals surface area contributed by atoms with Gasteiger partial charge in [0.25, 0.3) is 11.8 Å². The second-order valence-corrected chi connectivity index (χ2v) is 5.41. The summed E-state index contributed by atoms with van der Waals surface area (Å²) in [5.74, 6) is -2.47. The molecule has 0 radical (unpaired) electrons. The zero-order valence-electron chi connectivity index (χ0n) is 12.2. The highest BCUT2D eigenvalue weighted by Crippen LogP contribution is 2.31. The number of imide groups is 1. The average Bonchev–Trinajstić information content (AvgIpc) is 2.55. The van der Waals surface area contributed by atoms with E-state index in [1.165, 1.54) is 0 Å². The van der Waals surface area contributed by atoms with Gasteiger partial charge in [-0.05, 0) is 30.4 Å². The van der Waals surface area contributed by atoms with E-state index in [0.717, 1.165) is 10.3 Å². The van der Waals surface area contributed by atoms with Crippen LogP contribution in [0.15, 0.2) is 36.4 Å². The van der Waals surface area contributed by atoms with Crippen molar-refractivity contribution in [3.05, 3.63) is 47.5 Å². The standard InChI is InChI=1S/C17H15NO5/c19-9-3-8-13(17(22)23)18-15(20)11-6-1-4-10-5-2-7-12(14(10)11)16(18)21/h1-2,4-7,13,19H,3,8-9H2,(H,22,23). The predicted molar refractivity (Wildman–Crippen MR) is 82.2 cm³/mol. The molecule has 1 aliphatic heterocycles. The molecule has 1 atom stereocenters. The number of rotatable bonds is 5. The van der Waals surface area contributed by atoms with Crippen molar-refractivity contribution in [2.75, 3.05) is 6.61 Å². The molecule has 0 saturated carbocycles. The number of benzene rings is 2. The lowest BCUT2D eigenvalue weighted by atomic mass is 9.92. The van der Waals surface area contributed by atoms with Crippen LogP contribution in [0.1, 0.15) is 33.6 Å². The number of hydrogen-bond acceptors (Lipinski definition) is 4. The maximum absolute atomic E-state index is 12.7. The third kappa shape index (κ3) is 2.37. The van der Waals surface area contributed by atoms with Crippen molar-refractivity contribution in [3.8, 4) is 0 Å². The Bertz CT molecular complexity index is 763. The predicted octanol–water partition coefficient (Wildman–Crippen LogP) is 1.66. The number of carboxylic acids is 1. The molecule has 1 unspecified atom stereocenters. The summed E-state index contributed by atoms with van der Waals surface area (Å²) in [6.45, 7) is -0.202. The van der Waals surface area contributed by atoms with Gasteiger partial charge in [0.05, 0.1) is 0 Å². The van der Waals surface area contributed by atoms with E-state index in [1.807, 2.05) is 0 Å². The minimum absolute atomic E-state index is 0.0153. The van der Waals surface area contributed by atoms with Crippen molar-refractivity contribution in [2.24, 2.45) is 0 Å². The molecule has 6 nitrogen and oxygen atoms in total. The van der Waals surface area contributed by atoms with Gasteiger partial charge in [-0.3, -0.25) is 14.5 Å². The zero-order valence-corrected chi connectivity index (χ0v) is 12.2. The molecule has 0 aromatic heterocycles. The molecular weight excluding hydrogens is 298 g/mol. The first kappa shape index (κ1) is 15.2. The van der Waals surface area contributed by atoms with Crippen molar-refractivity contribution in [1.82, 2.24) is 4.90 Å². The number of carboxylic acid groups (broad SMARTS) is 1. The Balaban J connectivity index is 2.14. The quantitative estimate of drug-likeness (QED) is 0.819. The van der Waals surface area contributed by atoms with E-state index in [4.69, 9.17) is 5.11 Å². The van der Waals surface area contributed by atoms with Gasteiger partial charge in [0, 0.05) is 23.1 Å². The van der Waals surface area contributed by atoms with Crippen LogP contribution in [0.4, 0.5) is 0 Å². The number of aliphatic hydroxyl groups excluding tert-OH is 1. The molecule has 23 heavy (non-hydrogen) atoms. The number of carbonyl (C=O) groups excluding carboxylic acids is 2. The van der Waals surface area contributed by atoms with E-state index in [9.17, 15) is 19.5 Å². The van der Waals surface area contributed by atoms with Crippen LogP contribution in [-0.2, 0) is 4.79 Å². The smallest absolute Gasteiger partial charge is 0.326 e. The van der Waals surface area contributed by atoms with Crippen LogP contribution in [0.3, 0.4) is 0 Å². The molecule has 2 aromatic rings. The van der Waals surface area contributed by atoms with E-state index in [1.54, 1.807) is 36.4 Å². The SMILES string of the molecule is O=C(O)C(CCCO)N1C(=O)c2cccc3cccc(c23)C1=O. The Labute approximate surface area is 131 Å². The average molecular weight is 313 g/mol. The van der Waals surface area contributed by atoms with E-state index in [2.05, 4.69) is 0 Å². The number of nitrogens with zero attached hydrogens (tertiary/aromatic N) is 1. The van der Waals surface area contributed by atoms with Crippen LogP contribution in [0.2, 0.25) is 0 Å². The van der Waals surface area contributed by atoms with Gasteiger partial charge in [-0.1, -0.05) is 24.3 Å². The van der Waals surface area contributed by atoms with Gasteiger partial charge >= 0.3 is 5.97 Å². The van der Waals surface area contributed by atoms with Crippen molar-refractivity contribution in [2.45, 2.75) is 18.9 Å². The molecule has 2 N–H and O–H groups in total. The third-order valence-corrected chi connectivity index (χ3v) is 4.04. The number of hydrogen-bond donors (Lipinski definition) is 2. The van der Waals surface area contributed by atoms with E-state index < -0.39 is 23.8 Å². The molecule has 0 aliphatic carbocycles. The topological polar surface area (TPSA) is 94.9 Å². The molecular formula is C17H15NO5. The summed E-state index contributed by atoms with van der Waals surface area (Å²) in [5, 5.41) is 19.7. The minimum atomic E-state index is -1.29. The lowest BCUT2D eigenvalue weighted by Gasteiger charge is -2.31. The van der Waals surface area contributed by atoms with Crippen molar-refractivity contribution >= 4 is 28.6 Å². The Morgan fingerprint density at radius 2 is 1.61 bits per heavy atom. The molecule has 1 aliphatic rings. The Hall–Kier alpha value is -2.73. The fourth-order valence-corrected chi connectivity index (χ4v) is 2.98. The first-order valence-corrected chi connectivity index (χ1v) is 7.29. The van der Waals surface area contributed by atoms with Gasteiger partial charge < -0.3 is 10.2 Å². The van der Waals surface area contributed by atoms with Crippen LogP contribution in [0.5, 0.6) is 0 Å². The Morgan fingerprint density at radius 1 is 1.04 bits per heavy atom. The molecule has 0 saturated heterocycles. The number of carbonyl (C=O) groups is 3. The fraction of sp³-hybridized carbons (Fsp3) is 0.235. The van der Waals surface area contributed by atoms with Crippen LogP contribution in [0.25, 0.3) is 10.8 Å². The van der Waals surface area contributed by atoms with E-state index in [0.29, 0.717) is 16.5 Å². The van der Waals surface area contributed by atoms with Gasteiger partial charge in [0.1, 0.15) is 6.04 Å². The number of amides is 2. The van der Waals surface area contributed by atoms with Crippen molar-refractivity contribution < 1.29 is 24.6 Å². The van der Waals surface area contributed by atoms with Gasteiger partial charge in [0.2, 0.25) is 0 Å². The van der Waals surface area contributed by atoms with Gasteiger partial charge in [0.15, 0.2) is 0 Å². The normalized spacial score (nSPS) is 15.1. The second-order valence-electron chi connectivity index (χ2n) is 5.41. The summed E-state index contributed by atoms with van der Waals surface area (Å²) in [6.07, 6.45) is 0.210. The number of aliphatic carboxylic acids is 1. The summed E-state index contributed by atoms with van der Waals surface area (Å²) in [5.41, 5.74) is 0.654. The minimum Gasteiger partial charge on any atom is -0.480 e. The fourth-order valence-electron chi connectivity index (χ4n) is 2.98. The Kier molecular flexibility index (Phi) is 3.83. The van der Waals surface area contributed by atoms with Crippen LogP contribution in [-0.4, -0.2) is 45.5 Å². The third-order valence-electron chi connectivity index (χ3n) is 4.04. The first-order valence-electron chi connectivity index (χ1n) is 7.29. The van der Waals surface area contributed by atoms with Crippen molar-refractivity contribution in [1.29, 1.82) is 0 Å². The van der Waals surface area contributed by atoms with Gasteiger partial charge in [-0.15, -0.1) is 0 Å². The summed E-state index contributed by atoms with van der Waals surface area (Å²) in [4.78, 5) is 37.7. The highest BCUT2D eigenvalue weighted by Gasteiger charge is 2.40. The maximum atomic E-state index is 12.7. The zero-order chi connectivity index (χ0) is 16.6. The molecule has 0 spiro atoms. The Morgan fingerprint density at radius 3 is 2.09 bits per heavy atom. The molecule has 0 bridgehead atoms. The first-order chi connectivity index (χ1) is 11.1. The highest BCUT2D eigenvalue weighted by molar-refractivity contribution is 6.26. The number of aliphatic hydroxyl groups is 1. The van der Waals surface area contributed by atoms with Crippen LogP contribution < -0.4 is 0 Å². The molecule has 3 rings (SSSR count). The van der Waals surface area contributed by atoms with Crippen LogP contribution >= 0.6 is 0 Å². The molecule has 0 fully saturated rings. The van der Waals surface area contributed by atoms with E-state index in [-0.39, 0.29) is 19.4 Å². The van der Waals surface area contributed by atoms with Crippen molar-refractivity contribution in [3.63, 3.8) is 0 Å². The van der Waals surface area contributed by atoms with Gasteiger partial charge in [-0.2, -0.15) is 0 Å². The molecule has 118 valence electrons. The van der Waals surface area contributed by atoms with Gasteiger partial charge in [-0.25, -0.2) is 4.79 Å². The monoisotopic (exact) mass is 313 g/mol. The summed E-state index contributed by atoms with van der Waals surface area (Å²) >= 11 is 0. The van der Waals surface area contributed by atoms with E-state index >= 15 is 0 Å². The summed E-state index contributed by atoms with van der Waals surface area (Å²) in [7, 11) is 0. The largest absolute Gasteiger partial charge is 0.480 e. The second kappa shape index (κ2) is 5.81.